The van der Waals surface area contributed by atoms with Gasteiger partial charge in [-0.2, -0.15) is 0 Å². The summed E-state index contributed by atoms with van der Waals surface area (Å²) in [6.07, 6.45) is -1.14. The van der Waals surface area contributed by atoms with Crippen LogP contribution in [0.25, 0.3) is 0 Å². The normalized spacial score (nSPS) is 13.2. The standard InChI is InChI=1S/C16H25NO3/c1-10(2)14(18)12-9-11(3)7-8-13(12)17-15(19)20-16(4,5)6/h7-10,14,18H,1-6H3,(H,17,19). The molecule has 1 unspecified atom stereocenters. The van der Waals surface area contributed by atoms with E-state index in [1.807, 2.05) is 53.7 Å². The second-order valence-corrected chi connectivity index (χ2v) is 6.41. The third-order valence-electron chi connectivity index (χ3n) is 2.79. The van der Waals surface area contributed by atoms with Crippen molar-refractivity contribution in [3.05, 3.63) is 29.3 Å². The molecule has 1 amide bonds. The molecule has 4 nitrogen and oxygen atoms in total. The Bertz CT molecular complexity index is 475. The van der Waals surface area contributed by atoms with Gasteiger partial charge in [0.05, 0.1) is 6.10 Å². The summed E-state index contributed by atoms with van der Waals surface area (Å²) in [5.74, 6) is 0.0657. The molecule has 2 N–H and O–H groups in total. The number of rotatable bonds is 3. The highest BCUT2D eigenvalue weighted by Gasteiger charge is 2.20. The number of hydrogen-bond acceptors (Lipinski definition) is 3. The Morgan fingerprint density at radius 2 is 1.90 bits per heavy atom. The Balaban J connectivity index is 2.98. The number of hydrogen-bond donors (Lipinski definition) is 2. The minimum atomic E-state index is -0.625. The molecule has 0 bridgehead atoms. The Kier molecular flexibility index (Phi) is 5.17. The van der Waals surface area contributed by atoms with Gasteiger partial charge in [-0.1, -0.05) is 31.5 Å². The van der Waals surface area contributed by atoms with Crippen LogP contribution in [0, 0.1) is 12.8 Å². The Morgan fingerprint density at radius 3 is 2.40 bits per heavy atom. The van der Waals surface area contributed by atoms with E-state index in [4.69, 9.17) is 4.74 Å². The summed E-state index contributed by atoms with van der Waals surface area (Å²) in [5.41, 5.74) is 1.79. The van der Waals surface area contributed by atoms with E-state index in [0.717, 1.165) is 5.56 Å². The number of carbonyl (C=O) groups is 1. The fourth-order valence-corrected chi connectivity index (χ4v) is 1.81. The first-order valence-electron chi connectivity index (χ1n) is 6.89. The summed E-state index contributed by atoms with van der Waals surface area (Å²) in [6.45, 7) is 11.3. The average molecular weight is 279 g/mol. The second-order valence-electron chi connectivity index (χ2n) is 6.41. The maximum absolute atomic E-state index is 11.8. The van der Waals surface area contributed by atoms with Crippen molar-refractivity contribution in [2.45, 2.75) is 53.2 Å². The van der Waals surface area contributed by atoms with Crippen LogP contribution in [0.3, 0.4) is 0 Å². The third-order valence-corrected chi connectivity index (χ3v) is 2.79. The molecule has 0 saturated heterocycles. The fourth-order valence-electron chi connectivity index (χ4n) is 1.81. The van der Waals surface area contributed by atoms with E-state index < -0.39 is 17.8 Å². The van der Waals surface area contributed by atoms with Gasteiger partial charge in [-0.15, -0.1) is 0 Å². The van der Waals surface area contributed by atoms with Crippen molar-refractivity contribution in [2.24, 2.45) is 5.92 Å². The molecule has 0 fully saturated rings. The number of ether oxygens (including phenoxy) is 1. The van der Waals surface area contributed by atoms with Crippen LogP contribution in [0.15, 0.2) is 18.2 Å². The van der Waals surface area contributed by atoms with Crippen LogP contribution in [-0.2, 0) is 4.74 Å². The van der Waals surface area contributed by atoms with Crippen molar-refractivity contribution in [2.75, 3.05) is 5.32 Å². The molecule has 0 aliphatic heterocycles. The molecule has 1 aromatic carbocycles. The van der Waals surface area contributed by atoms with E-state index in [-0.39, 0.29) is 5.92 Å². The topological polar surface area (TPSA) is 58.6 Å². The SMILES string of the molecule is Cc1ccc(NC(=O)OC(C)(C)C)c(C(O)C(C)C)c1. The Labute approximate surface area is 121 Å². The van der Waals surface area contributed by atoms with Gasteiger partial charge in [-0.05, 0) is 39.7 Å². The zero-order valence-electron chi connectivity index (χ0n) is 13.2. The van der Waals surface area contributed by atoms with Crippen LogP contribution >= 0.6 is 0 Å². The van der Waals surface area contributed by atoms with Crippen LogP contribution in [0.2, 0.25) is 0 Å². The molecule has 1 rings (SSSR count). The maximum atomic E-state index is 11.8. The number of carbonyl (C=O) groups excluding carboxylic acids is 1. The lowest BCUT2D eigenvalue weighted by Crippen LogP contribution is -2.27. The Hall–Kier alpha value is -1.55. The van der Waals surface area contributed by atoms with Gasteiger partial charge < -0.3 is 9.84 Å². The largest absolute Gasteiger partial charge is 0.444 e. The molecule has 0 aromatic heterocycles. The zero-order chi connectivity index (χ0) is 15.5. The third kappa shape index (κ3) is 4.85. The molecule has 0 aliphatic rings. The predicted octanol–water partition coefficient (Wildman–Crippen LogP) is 4.03. The van der Waals surface area contributed by atoms with Crippen molar-refractivity contribution in [1.82, 2.24) is 0 Å². The molecular weight excluding hydrogens is 254 g/mol. The van der Waals surface area contributed by atoms with Crippen LogP contribution in [0.1, 0.15) is 51.8 Å². The van der Waals surface area contributed by atoms with Gasteiger partial charge in [-0.25, -0.2) is 4.79 Å². The Morgan fingerprint density at radius 1 is 1.30 bits per heavy atom. The van der Waals surface area contributed by atoms with E-state index >= 15 is 0 Å². The lowest BCUT2D eigenvalue weighted by molar-refractivity contribution is 0.0635. The average Bonchev–Trinajstić information content (AvgIpc) is 2.27. The number of nitrogens with one attached hydrogen (secondary N) is 1. The van der Waals surface area contributed by atoms with E-state index in [9.17, 15) is 9.90 Å². The summed E-state index contributed by atoms with van der Waals surface area (Å²) < 4.78 is 5.24. The summed E-state index contributed by atoms with van der Waals surface area (Å²) >= 11 is 0. The zero-order valence-corrected chi connectivity index (χ0v) is 13.2. The maximum Gasteiger partial charge on any atom is 0.412 e. The molecule has 112 valence electrons. The van der Waals surface area contributed by atoms with Gasteiger partial charge in [0.1, 0.15) is 5.60 Å². The molecule has 0 radical (unpaired) electrons. The van der Waals surface area contributed by atoms with Crippen LogP contribution in [-0.4, -0.2) is 16.8 Å². The predicted molar refractivity (Wildman–Crippen MR) is 80.8 cm³/mol. The number of aliphatic hydroxyl groups excluding tert-OH is 1. The smallest absolute Gasteiger partial charge is 0.412 e. The lowest BCUT2D eigenvalue weighted by Gasteiger charge is -2.22. The minimum absolute atomic E-state index is 0.0657. The number of aliphatic hydroxyl groups is 1. The van der Waals surface area contributed by atoms with Crippen molar-refractivity contribution in [3.8, 4) is 0 Å². The highest BCUT2D eigenvalue weighted by atomic mass is 16.6. The van der Waals surface area contributed by atoms with Crippen LogP contribution < -0.4 is 5.32 Å². The summed E-state index contributed by atoms with van der Waals surface area (Å²) in [7, 11) is 0. The van der Waals surface area contributed by atoms with E-state index in [0.29, 0.717) is 11.3 Å². The molecule has 1 aromatic rings. The van der Waals surface area contributed by atoms with Gasteiger partial charge in [0.25, 0.3) is 0 Å². The summed E-state index contributed by atoms with van der Waals surface area (Å²) in [4.78, 5) is 11.8. The number of anilines is 1. The molecule has 20 heavy (non-hydrogen) atoms. The number of amides is 1. The summed E-state index contributed by atoms with van der Waals surface area (Å²) in [5, 5.41) is 13.0. The molecule has 1 atom stereocenters. The number of aryl methyl sites for hydroxylation is 1. The van der Waals surface area contributed by atoms with E-state index in [2.05, 4.69) is 5.32 Å². The molecule has 0 aliphatic carbocycles. The van der Waals surface area contributed by atoms with Gasteiger partial charge in [-0.3, -0.25) is 5.32 Å². The van der Waals surface area contributed by atoms with Gasteiger partial charge >= 0.3 is 6.09 Å². The van der Waals surface area contributed by atoms with Crippen LogP contribution in [0.4, 0.5) is 10.5 Å². The van der Waals surface area contributed by atoms with Gasteiger partial charge in [0.15, 0.2) is 0 Å². The first-order chi connectivity index (χ1) is 9.10. The van der Waals surface area contributed by atoms with Crippen LogP contribution in [0.5, 0.6) is 0 Å². The van der Waals surface area contributed by atoms with Gasteiger partial charge in [0.2, 0.25) is 0 Å². The molecule has 0 saturated carbocycles. The van der Waals surface area contributed by atoms with E-state index in [1.54, 1.807) is 6.07 Å². The first-order valence-corrected chi connectivity index (χ1v) is 6.89. The quantitative estimate of drug-likeness (QED) is 0.878. The van der Waals surface area contributed by atoms with Gasteiger partial charge in [0, 0.05) is 11.3 Å². The number of benzene rings is 1. The molecular formula is C16H25NO3. The van der Waals surface area contributed by atoms with Crippen molar-refractivity contribution >= 4 is 11.8 Å². The van der Waals surface area contributed by atoms with Crippen molar-refractivity contribution in [1.29, 1.82) is 0 Å². The second kappa shape index (κ2) is 6.27. The fraction of sp³-hybridized carbons (Fsp3) is 0.562. The lowest BCUT2D eigenvalue weighted by atomic mass is 9.96. The van der Waals surface area contributed by atoms with E-state index in [1.165, 1.54) is 0 Å². The minimum Gasteiger partial charge on any atom is -0.444 e. The monoisotopic (exact) mass is 279 g/mol. The highest BCUT2D eigenvalue weighted by Crippen LogP contribution is 2.29. The molecule has 0 heterocycles. The van der Waals surface area contributed by atoms with Crippen molar-refractivity contribution in [3.63, 3.8) is 0 Å². The summed E-state index contributed by atoms with van der Waals surface area (Å²) in [6, 6.07) is 5.57. The molecule has 4 heteroatoms. The highest BCUT2D eigenvalue weighted by molar-refractivity contribution is 5.86. The first kappa shape index (κ1) is 16.5. The molecule has 0 spiro atoms. The van der Waals surface area contributed by atoms with Crippen molar-refractivity contribution < 1.29 is 14.6 Å².